The second-order valence-electron chi connectivity index (χ2n) is 7.22. The van der Waals surface area contributed by atoms with Crippen molar-refractivity contribution in [3.05, 3.63) is 76.7 Å². The quantitative estimate of drug-likeness (QED) is 0.255. The maximum atomic E-state index is 13.0. The van der Waals surface area contributed by atoms with Crippen molar-refractivity contribution < 1.29 is 12.8 Å². The fourth-order valence-corrected chi connectivity index (χ4v) is 6.44. The van der Waals surface area contributed by atoms with Gasteiger partial charge in [-0.1, -0.05) is 53.7 Å². The average molecular weight is 535 g/mol. The molecule has 0 unspecified atom stereocenters. The summed E-state index contributed by atoms with van der Waals surface area (Å²) < 4.78 is 36.1. The molecule has 0 aliphatic carbocycles. The number of sulfonamides is 1. The molecular formula is C23H24BrN3O3S2. The van der Waals surface area contributed by atoms with Gasteiger partial charge in [0.15, 0.2) is 5.16 Å². The van der Waals surface area contributed by atoms with Gasteiger partial charge in [0.1, 0.15) is 5.76 Å². The first-order valence-electron chi connectivity index (χ1n) is 10.3. The van der Waals surface area contributed by atoms with E-state index in [9.17, 15) is 8.42 Å². The molecule has 0 N–H and O–H groups in total. The largest absolute Gasteiger partial charge is 0.467 e. The standard InChI is InChI=1S/C23H24BrN3O3S2/c1-3-26(4-2)32(28,29)20-10-11-22-21(14-20)25-23(27(22)15-19-9-6-12-30-19)31-16-17-7-5-8-18(24)13-17/h5-14H,3-4,15-16H2,1-2H3. The minimum Gasteiger partial charge on any atom is -0.467 e. The SMILES string of the molecule is CCN(CC)S(=O)(=O)c1ccc2c(c1)nc(SCc1cccc(Br)c1)n2Cc1ccco1. The summed E-state index contributed by atoms with van der Waals surface area (Å²) in [7, 11) is -3.55. The maximum absolute atomic E-state index is 13.0. The highest BCUT2D eigenvalue weighted by atomic mass is 79.9. The molecule has 168 valence electrons. The second-order valence-corrected chi connectivity index (χ2v) is 11.0. The Bertz CT molecular complexity index is 1310. The fraction of sp³-hybridized carbons (Fsp3) is 0.261. The number of benzene rings is 2. The molecule has 0 saturated heterocycles. The van der Waals surface area contributed by atoms with E-state index in [1.807, 2.05) is 44.2 Å². The van der Waals surface area contributed by atoms with E-state index in [1.165, 1.54) is 9.87 Å². The van der Waals surface area contributed by atoms with Crippen LogP contribution in [-0.4, -0.2) is 35.4 Å². The summed E-state index contributed by atoms with van der Waals surface area (Å²) in [5.41, 5.74) is 2.70. The number of halogens is 1. The summed E-state index contributed by atoms with van der Waals surface area (Å²) in [6.07, 6.45) is 1.65. The Hall–Kier alpha value is -2.07. The molecule has 6 nitrogen and oxygen atoms in total. The number of fused-ring (bicyclic) bond motifs is 1. The third kappa shape index (κ3) is 4.80. The first-order valence-corrected chi connectivity index (χ1v) is 13.5. The van der Waals surface area contributed by atoms with Gasteiger partial charge in [0.25, 0.3) is 0 Å². The van der Waals surface area contributed by atoms with Crippen molar-refractivity contribution in [1.82, 2.24) is 13.9 Å². The Morgan fingerprint density at radius 3 is 2.59 bits per heavy atom. The van der Waals surface area contributed by atoms with Crippen molar-refractivity contribution >= 4 is 48.7 Å². The zero-order valence-electron chi connectivity index (χ0n) is 17.9. The third-order valence-corrected chi connectivity index (χ3v) is 8.77. The lowest BCUT2D eigenvalue weighted by Crippen LogP contribution is -2.30. The van der Waals surface area contributed by atoms with Gasteiger partial charge in [-0.05, 0) is 48.0 Å². The molecule has 2 heterocycles. The molecule has 0 atom stereocenters. The summed E-state index contributed by atoms with van der Waals surface area (Å²) in [6, 6.07) is 17.1. The van der Waals surface area contributed by atoms with E-state index in [2.05, 4.69) is 32.6 Å². The van der Waals surface area contributed by atoms with Crippen molar-refractivity contribution in [1.29, 1.82) is 0 Å². The second kappa shape index (κ2) is 9.82. The predicted molar refractivity (Wildman–Crippen MR) is 131 cm³/mol. The van der Waals surface area contributed by atoms with Gasteiger partial charge in [-0.2, -0.15) is 4.31 Å². The van der Waals surface area contributed by atoms with E-state index in [1.54, 1.807) is 30.2 Å². The Kier molecular flexibility index (Phi) is 7.09. The molecular weight excluding hydrogens is 510 g/mol. The zero-order valence-corrected chi connectivity index (χ0v) is 21.1. The first kappa shape index (κ1) is 23.1. The van der Waals surface area contributed by atoms with Gasteiger partial charge in [0, 0.05) is 23.3 Å². The minimum absolute atomic E-state index is 0.264. The lowest BCUT2D eigenvalue weighted by Gasteiger charge is -2.18. The van der Waals surface area contributed by atoms with Gasteiger partial charge in [-0.15, -0.1) is 0 Å². The number of aromatic nitrogens is 2. The highest BCUT2D eigenvalue weighted by Crippen LogP contribution is 2.30. The molecule has 0 aliphatic rings. The lowest BCUT2D eigenvalue weighted by atomic mass is 10.2. The summed E-state index contributed by atoms with van der Waals surface area (Å²) in [4.78, 5) is 5.07. The first-order chi connectivity index (χ1) is 15.4. The molecule has 0 fully saturated rings. The van der Waals surface area contributed by atoms with Crippen LogP contribution in [0.25, 0.3) is 11.0 Å². The summed E-state index contributed by atoms with van der Waals surface area (Å²) in [5.74, 6) is 1.55. The summed E-state index contributed by atoms with van der Waals surface area (Å²) in [6.45, 7) is 5.06. The van der Waals surface area contributed by atoms with Crippen LogP contribution in [0.15, 0.2) is 79.8 Å². The molecule has 0 radical (unpaired) electrons. The fourth-order valence-electron chi connectivity index (χ4n) is 3.56. The van der Waals surface area contributed by atoms with Gasteiger partial charge in [0.2, 0.25) is 10.0 Å². The predicted octanol–water partition coefficient (Wildman–Crippen LogP) is 5.76. The molecule has 0 bridgehead atoms. The van der Waals surface area contributed by atoms with Gasteiger partial charge in [-0.3, -0.25) is 0 Å². The molecule has 2 aromatic heterocycles. The Morgan fingerprint density at radius 1 is 1.09 bits per heavy atom. The van der Waals surface area contributed by atoms with Crippen LogP contribution in [-0.2, 0) is 22.3 Å². The highest BCUT2D eigenvalue weighted by Gasteiger charge is 2.23. The van der Waals surface area contributed by atoms with E-state index in [0.717, 1.165) is 26.7 Å². The van der Waals surface area contributed by atoms with Crippen LogP contribution >= 0.6 is 27.7 Å². The van der Waals surface area contributed by atoms with E-state index in [0.29, 0.717) is 25.2 Å². The van der Waals surface area contributed by atoms with Crippen molar-refractivity contribution in [2.24, 2.45) is 0 Å². The van der Waals surface area contributed by atoms with Crippen molar-refractivity contribution in [2.75, 3.05) is 13.1 Å². The van der Waals surface area contributed by atoms with E-state index in [4.69, 9.17) is 9.40 Å². The number of rotatable bonds is 9. The van der Waals surface area contributed by atoms with Gasteiger partial charge in [-0.25, -0.2) is 13.4 Å². The van der Waals surface area contributed by atoms with Crippen LogP contribution in [0.3, 0.4) is 0 Å². The van der Waals surface area contributed by atoms with Crippen LogP contribution in [0.4, 0.5) is 0 Å². The Labute approximate surface area is 200 Å². The molecule has 0 aliphatic heterocycles. The average Bonchev–Trinajstić information content (AvgIpc) is 3.41. The number of thioether (sulfide) groups is 1. The van der Waals surface area contributed by atoms with Gasteiger partial charge < -0.3 is 8.98 Å². The van der Waals surface area contributed by atoms with Crippen LogP contribution < -0.4 is 0 Å². The lowest BCUT2D eigenvalue weighted by molar-refractivity contribution is 0.445. The third-order valence-electron chi connectivity index (χ3n) is 5.18. The van der Waals surface area contributed by atoms with Crippen LogP contribution in [0.1, 0.15) is 25.2 Å². The molecule has 4 rings (SSSR count). The molecule has 0 saturated carbocycles. The minimum atomic E-state index is -3.55. The van der Waals surface area contributed by atoms with Crippen LogP contribution in [0.2, 0.25) is 0 Å². The van der Waals surface area contributed by atoms with E-state index in [-0.39, 0.29) is 4.90 Å². The van der Waals surface area contributed by atoms with Gasteiger partial charge >= 0.3 is 0 Å². The van der Waals surface area contributed by atoms with E-state index < -0.39 is 10.0 Å². The number of furan rings is 1. The molecule has 4 aromatic rings. The van der Waals surface area contributed by atoms with Crippen molar-refractivity contribution in [2.45, 2.75) is 36.2 Å². The number of nitrogens with zero attached hydrogens (tertiary/aromatic N) is 3. The molecule has 0 spiro atoms. The van der Waals surface area contributed by atoms with Gasteiger partial charge in [0.05, 0.1) is 28.7 Å². The Morgan fingerprint density at radius 2 is 1.91 bits per heavy atom. The topological polar surface area (TPSA) is 68.3 Å². The number of hydrogen-bond donors (Lipinski definition) is 0. The number of hydrogen-bond acceptors (Lipinski definition) is 5. The summed E-state index contributed by atoms with van der Waals surface area (Å²) in [5, 5.41) is 0.814. The maximum Gasteiger partial charge on any atom is 0.243 e. The highest BCUT2D eigenvalue weighted by molar-refractivity contribution is 9.10. The normalized spacial score (nSPS) is 12.1. The summed E-state index contributed by atoms with van der Waals surface area (Å²) >= 11 is 5.13. The molecule has 0 amide bonds. The van der Waals surface area contributed by atoms with Crippen molar-refractivity contribution in [3.63, 3.8) is 0 Å². The van der Waals surface area contributed by atoms with Crippen LogP contribution in [0, 0.1) is 0 Å². The zero-order chi connectivity index (χ0) is 22.7. The van der Waals surface area contributed by atoms with Crippen molar-refractivity contribution in [3.8, 4) is 0 Å². The monoisotopic (exact) mass is 533 g/mol. The van der Waals surface area contributed by atoms with E-state index >= 15 is 0 Å². The smallest absolute Gasteiger partial charge is 0.243 e. The molecule has 32 heavy (non-hydrogen) atoms. The molecule has 9 heteroatoms. The van der Waals surface area contributed by atoms with Crippen LogP contribution in [0.5, 0.6) is 0 Å². The number of imidazole rings is 1. The molecule has 2 aromatic carbocycles. The Balaban J connectivity index is 1.73.